The Balaban J connectivity index is 1.57. The molecule has 0 bridgehead atoms. The van der Waals surface area contributed by atoms with Crippen molar-refractivity contribution in [2.24, 2.45) is 0 Å². The second-order valence-electron chi connectivity index (χ2n) is 5.37. The molecule has 1 amide bonds. The third-order valence-electron chi connectivity index (χ3n) is 3.56. The van der Waals surface area contributed by atoms with Crippen LogP contribution in [0.5, 0.6) is 0 Å². The Morgan fingerprint density at radius 3 is 2.35 bits per heavy atom. The molecule has 118 valence electrons. The highest BCUT2D eigenvalue weighted by molar-refractivity contribution is 8.01. The van der Waals surface area contributed by atoms with Crippen molar-refractivity contribution in [3.8, 4) is 0 Å². The summed E-state index contributed by atoms with van der Waals surface area (Å²) in [7, 11) is 0. The van der Waals surface area contributed by atoms with Crippen LogP contribution in [0.1, 0.15) is 33.8 Å². The molecule has 6 nitrogen and oxygen atoms in total. The van der Waals surface area contributed by atoms with Crippen LogP contribution in [0, 0.1) is 0 Å². The van der Waals surface area contributed by atoms with Crippen LogP contribution in [0.25, 0.3) is 0 Å². The third kappa shape index (κ3) is 3.87. The Morgan fingerprint density at radius 2 is 1.78 bits per heavy atom. The fourth-order valence-electron chi connectivity index (χ4n) is 2.08. The summed E-state index contributed by atoms with van der Waals surface area (Å²) in [6.45, 7) is 0.549. The van der Waals surface area contributed by atoms with Gasteiger partial charge in [0.15, 0.2) is 5.69 Å². The number of nitrogens with one attached hydrogen (secondary N) is 1. The first-order valence-corrected chi connectivity index (χ1v) is 7.97. The molecule has 0 radical (unpaired) electrons. The number of aromatic carboxylic acids is 1. The number of carbonyl (C=O) groups is 2. The van der Waals surface area contributed by atoms with Crippen LogP contribution in [0.3, 0.4) is 0 Å². The zero-order chi connectivity index (χ0) is 16.3. The Morgan fingerprint density at radius 1 is 1.13 bits per heavy atom. The molecule has 1 aromatic heterocycles. The monoisotopic (exact) mass is 329 g/mol. The number of carboxylic acid groups (broad SMARTS) is 1. The summed E-state index contributed by atoms with van der Waals surface area (Å²) in [5.41, 5.74) is -0.0599. The average molecular weight is 329 g/mol. The van der Waals surface area contributed by atoms with Gasteiger partial charge < -0.3 is 10.4 Å². The number of benzene rings is 1. The molecule has 1 aliphatic rings. The van der Waals surface area contributed by atoms with Gasteiger partial charge in [-0.3, -0.25) is 4.79 Å². The normalized spacial score (nSPS) is 15.0. The van der Waals surface area contributed by atoms with Crippen LogP contribution < -0.4 is 5.32 Å². The van der Waals surface area contributed by atoms with Crippen molar-refractivity contribution < 1.29 is 14.7 Å². The van der Waals surface area contributed by atoms with E-state index in [1.807, 2.05) is 18.2 Å². The highest BCUT2D eigenvalue weighted by Gasteiger charge is 2.44. The van der Waals surface area contributed by atoms with Gasteiger partial charge in [0.25, 0.3) is 5.91 Å². The topological polar surface area (TPSA) is 92.2 Å². The maximum absolute atomic E-state index is 12.1. The van der Waals surface area contributed by atoms with Gasteiger partial charge in [0.1, 0.15) is 5.69 Å². The number of nitrogens with zero attached hydrogens (tertiary/aromatic N) is 2. The maximum atomic E-state index is 12.1. The molecule has 1 aliphatic carbocycles. The molecule has 7 heteroatoms. The number of amides is 1. The smallest absolute Gasteiger partial charge is 0.356 e. The number of carboxylic acids is 1. The highest BCUT2D eigenvalue weighted by atomic mass is 32.2. The second-order valence-corrected chi connectivity index (χ2v) is 6.91. The Bertz CT molecular complexity index is 715. The van der Waals surface area contributed by atoms with Crippen molar-refractivity contribution in [1.82, 2.24) is 15.3 Å². The lowest BCUT2D eigenvalue weighted by Crippen LogP contribution is -2.32. The van der Waals surface area contributed by atoms with Crippen LogP contribution in [-0.2, 0) is 0 Å². The van der Waals surface area contributed by atoms with Crippen molar-refractivity contribution in [3.05, 3.63) is 54.1 Å². The second kappa shape index (κ2) is 6.37. The van der Waals surface area contributed by atoms with E-state index in [9.17, 15) is 9.59 Å². The van der Waals surface area contributed by atoms with E-state index in [0.717, 1.165) is 19.0 Å². The number of rotatable bonds is 6. The Hall–Kier alpha value is -2.41. The lowest BCUT2D eigenvalue weighted by Gasteiger charge is -2.15. The molecule has 2 N–H and O–H groups in total. The molecule has 0 atom stereocenters. The average Bonchev–Trinajstić information content (AvgIpc) is 3.33. The summed E-state index contributed by atoms with van der Waals surface area (Å²) in [4.78, 5) is 31.5. The fourth-order valence-corrected chi connectivity index (χ4v) is 3.32. The predicted molar refractivity (Wildman–Crippen MR) is 85.6 cm³/mol. The number of hydrogen-bond acceptors (Lipinski definition) is 5. The molecule has 0 spiro atoms. The van der Waals surface area contributed by atoms with Crippen molar-refractivity contribution in [2.75, 3.05) is 6.54 Å². The molecule has 0 unspecified atom stereocenters. The van der Waals surface area contributed by atoms with Crippen molar-refractivity contribution in [2.45, 2.75) is 22.5 Å². The maximum Gasteiger partial charge on any atom is 0.356 e. The molecule has 23 heavy (non-hydrogen) atoms. The molecule has 1 saturated carbocycles. The quantitative estimate of drug-likeness (QED) is 0.844. The van der Waals surface area contributed by atoms with Crippen molar-refractivity contribution >= 4 is 23.6 Å². The zero-order valence-corrected chi connectivity index (χ0v) is 13.0. The molecule has 1 aromatic carbocycles. The van der Waals surface area contributed by atoms with Gasteiger partial charge in [-0.05, 0) is 25.0 Å². The molecular formula is C16H15N3O3S. The SMILES string of the molecule is O=C(O)c1cnc(C(=O)NCC2(Sc3ccccc3)CC2)cn1. The third-order valence-corrected chi connectivity index (χ3v) is 5.05. The van der Waals surface area contributed by atoms with Crippen LogP contribution in [0.2, 0.25) is 0 Å². The standard InChI is InChI=1S/C16H15N3O3S/c20-14(12-8-18-13(9-17-12)15(21)22)19-10-16(6-7-16)23-11-4-2-1-3-5-11/h1-5,8-9H,6-7,10H2,(H,19,20)(H,21,22). The first-order chi connectivity index (χ1) is 11.1. The Kier molecular flexibility index (Phi) is 4.29. The number of hydrogen-bond donors (Lipinski definition) is 2. The summed E-state index contributed by atoms with van der Waals surface area (Å²) < 4.78 is 0.0471. The van der Waals surface area contributed by atoms with Gasteiger partial charge in [-0.2, -0.15) is 0 Å². The highest BCUT2D eigenvalue weighted by Crippen LogP contribution is 2.51. The van der Waals surface area contributed by atoms with E-state index in [2.05, 4.69) is 27.4 Å². The summed E-state index contributed by atoms with van der Waals surface area (Å²) in [6.07, 6.45) is 4.37. The number of carbonyl (C=O) groups excluding carboxylic acids is 1. The predicted octanol–water partition coefficient (Wildman–Crippen LogP) is 2.23. The minimum Gasteiger partial charge on any atom is -0.476 e. The summed E-state index contributed by atoms with van der Waals surface area (Å²) >= 11 is 1.77. The first kappa shape index (κ1) is 15.5. The van der Waals surface area contributed by atoms with Crippen LogP contribution in [0.15, 0.2) is 47.6 Å². The lowest BCUT2D eigenvalue weighted by atomic mass is 10.3. The minimum absolute atomic E-state index is 0.0471. The van der Waals surface area contributed by atoms with Gasteiger partial charge in [0.05, 0.1) is 12.4 Å². The van der Waals surface area contributed by atoms with Crippen LogP contribution in [0.4, 0.5) is 0 Å². The molecule has 2 aromatic rings. The molecule has 3 rings (SSSR count). The Labute approximate surface area is 137 Å². The van der Waals surface area contributed by atoms with Gasteiger partial charge in [-0.15, -0.1) is 11.8 Å². The van der Waals surface area contributed by atoms with Gasteiger partial charge in [0.2, 0.25) is 0 Å². The van der Waals surface area contributed by atoms with Gasteiger partial charge in [-0.25, -0.2) is 14.8 Å². The zero-order valence-electron chi connectivity index (χ0n) is 12.2. The fraction of sp³-hybridized carbons (Fsp3) is 0.250. The summed E-state index contributed by atoms with van der Waals surface area (Å²) in [6, 6.07) is 10.1. The van der Waals surface area contributed by atoms with E-state index in [-0.39, 0.29) is 22.0 Å². The van der Waals surface area contributed by atoms with Gasteiger partial charge in [0, 0.05) is 16.2 Å². The minimum atomic E-state index is -1.17. The number of thioether (sulfide) groups is 1. The molecule has 0 saturated heterocycles. The van der Waals surface area contributed by atoms with E-state index < -0.39 is 5.97 Å². The van der Waals surface area contributed by atoms with Gasteiger partial charge in [-0.1, -0.05) is 18.2 Å². The summed E-state index contributed by atoms with van der Waals surface area (Å²) in [5, 5.41) is 11.6. The first-order valence-electron chi connectivity index (χ1n) is 7.16. The largest absolute Gasteiger partial charge is 0.476 e. The van der Waals surface area contributed by atoms with Crippen molar-refractivity contribution in [3.63, 3.8) is 0 Å². The molecule has 1 fully saturated rings. The molecular weight excluding hydrogens is 314 g/mol. The lowest BCUT2D eigenvalue weighted by molar-refractivity contribution is 0.0689. The molecule has 0 aliphatic heterocycles. The van der Waals surface area contributed by atoms with Crippen molar-refractivity contribution in [1.29, 1.82) is 0 Å². The van der Waals surface area contributed by atoms with Gasteiger partial charge >= 0.3 is 5.97 Å². The van der Waals surface area contributed by atoms with E-state index in [0.29, 0.717) is 6.54 Å². The van der Waals surface area contributed by atoms with Crippen LogP contribution >= 0.6 is 11.8 Å². The van der Waals surface area contributed by atoms with E-state index >= 15 is 0 Å². The van der Waals surface area contributed by atoms with E-state index in [4.69, 9.17) is 5.11 Å². The number of aromatic nitrogens is 2. The van der Waals surface area contributed by atoms with E-state index in [1.165, 1.54) is 11.1 Å². The van der Waals surface area contributed by atoms with E-state index in [1.54, 1.807) is 11.8 Å². The summed E-state index contributed by atoms with van der Waals surface area (Å²) in [5.74, 6) is -1.50. The van der Waals surface area contributed by atoms with Crippen LogP contribution in [-0.4, -0.2) is 38.2 Å². The molecule has 1 heterocycles.